The smallest absolute Gasteiger partial charge is 0.152 e. The van der Waals surface area contributed by atoms with Crippen molar-refractivity contribution in [3.05, 3.63) is 41.2 Å². The van der Waals surface area contributed by atoms with E-state index < -0.39 is 9.84 Å². The maximum Gasteiger partial charge on any atom is 0.152 e. The minimum absolute atomic E-state index is 0.0440. The van der Waals surface area contributed by atoms with Crippen molar-refractivity contribution < 1.29 is 8.42 Å². The number of hydrogen-bond donors (Lipinski definition) is 1. The van der Waals surface area contributed by atoms with E-state index in [1.54, 1.807) is 6.07 Å². The number of sulfone groups is 1. The molecule has 1 aromatic heterocycles. The highest BCUT2D eigenvalue weighted by molar-refractivity contribution is 7.91. The zero-order valence-corrected chi connectivity index (χ0v) is 15.8. The molecule has 1 aliphatic heterocycles. The van der Waals surface area contributed by atoms with Gasteiger partial charge in [0.1, 0.15) is 17.5 Å². The summed E-state index contributed by atoms with van der Waals surface area (Å²) in [5, 5.41) is 3.82. The van der Waals surface area contributed by atoms with E-state index >= 15 is 0 Å². The molecule has 0 amide bonds. The molecule has 0 spiro atoms. The summed E-state index contributed by atoms with van der Waals surface area (Å²) in [7, 11) is -2.95. The Balaban J connectivity index is 1.89. The molecule has 1 saturated heterocycles. The number of rotatable bonds is 5. The first-order valence-electron chi connectivity index (χ1n) is 8.22. The lowest BCUT2D eigenvalue weighted by Gasteiger charge is -2.28. The van der Waals surface area contributed by atoms with E-state index in [0.29, 0.717) is 29.6 Å². The summed E-state index contributed by atoms with van der Waals surface area (Å²) in [6.07, 6.45) is 0.631. The summed E-state index contributed by atoms with van der Waals surface area (Å²) < 4.78 is 23.6. The minimum Gasteiger partial charge on any atom is -0.353 e. The van der Waals surface area contributed by atoms with Gasteiger partial charge in [-0.15, -0.1) is 0 Å². The Morgan fingerprint density at radius 3 is 2.72 bits per heavy atom. The molecule has 1 aliphatic rings. The Hall–Kier alpha value is -1.86. The van der Waals surface area contributed by atoms with Crippen LogP contribution in [0.4, 0.5) is 17.3 Å². The third-order valence-electron chi connectivity index (χ3n) is 4.25. The fourth-order valence-corrected chi connectivity index (χ4v) is 5.01. The van der Waals surface area contributed by atoms with Crippen molar-refractivity contribution in [2.75, 3.05) is 28.3 Å². The average molecular weight is 381 g/mol. The van der Waals surface area contributed by atoms with Crippen LogP contribution in [0.1, 0.15) is 19.2 Å². The van der Waals surface area contributed by atoms with Crippen LogP contribution in [0.25, 0.3) is 0 Å². The van der Waals surface area contributed by atoms with Gasteiger partial charge in [-0.05, 0) is 32.4 Å². The molecule has 1 N–H and O–H groups in total. The highest BCUT2D eigenvalue weighted by atomic mass is 35.5. The second kappa shape index (κ2) is 7.17. The Morgan fingerprint density at radius 1 is 1.32 bits per heavy atom. The van der Waals surface area contributed by atoms with Crippen LogP contribution in [-0.2, 0) is 9.84 Å². The first-order chi connectivity index (χ1) is 11.9. The topological polar surface area (TPSA) is 75.2 Å². The van der Waals surface area contributed by atoms with Crippen LogP contribution in [-0.4, -0.2) is 42.5 Å². The van der Waals surface area contributed by atoms with E-state index in [-0.39, 0.29) is 17.5 Å². The molecule has 2 aromatic rings. The maximum absolute atomic E-state index is 11.8. The third-order valence-corrected chi connectivity index (χ3v) is 6.33. The predicted molar refractivity (Wildman–Crippen MR) is 102 cm³/mol. The summed E-state index contributed by atoms with van der Waals surface area (Å²) in [4.78, 5) is 11.0. The SMILES string of the molecule is CCN(c1cc(Nc2ccccc2Cl)nc(C)n1)C1CCS(=O)(=O)C1. The van der Waals surface area contributed by atoms with Crippen LogP contribution in [0.2, 0.25) is 5.02 Å². The molecule has 3 rings (SSSR count). The third kappa shape index (κ3) is 4.22. The van der Waals surface area contributed by atoms with Crippen LogP contribution < -0.4 is 10.2 Å². The molecule has 0 bridgehead atoms. The van der Waals surface area contributed by atoms with Gasteiger partial charge in [0.05, 0.1) is 22.2 Å². The number of para-hydroxylation sites is 1. The van der Waals surface area contributed by atoms with E-state index in [1.165, 1.54) is 0 Å². The molecule has 1 unspecified atom stereocenters. The summed E-state index contributed by atoms with van der Waals surface area (Å²) in [5.41, 5.74) is 0.764. The first kappa shape index (κ1) is 17.9. The lowest BCUT2D eigenvalue weighted by molar-refractivity contribution is 0.599. The summed E-state index contributed by atoms with van der Waals surface area (Å²) in [6, 6.07) is 9.23. The highest BCUT2D eigenvalue weighted by Gasteiger charge is 2.32. The van der Waals surface area contributed by atoms with Gasteiger partial charge in [0, 0.05) is 18.7 Å². The number of nitrogens with one attached hydrogen (secondary N) is 1. The van der Waals surface area contributed by atoms with E-state index in [9.17, 15) is 8.42 Å². The van der Waals surface area contributed by atoms with Crippen LogP contribution in [0.3, 0.4) is 0 Å². The molecule has 0 aliphatic carbocycles. The van der Waals surface area contributed by atoms with Crippen molar-refractivity contribution in [3.8, 4) is 0 Å². The minimum atomic E-state index is -2.95. The van der Waals surface area contributed by atoms with Crippen molar-refractivity contribution in [1.29, 1.82) is 0 Å². The summed E-state index contributed by atoms with van der Waals surface area (Å²) in [6.45, 7) is 4.51. The van der Waals surface area contributed by atoms with E-state index in [4.69, 9.17) is 11.6 Å². The van der Waals surface area contributed by atoms with Gasteiger partial charge in [-0.3, -0.25) is 0 Å². The standard InChI is InChI=1S/C17H21ClN4O2S/c1-3-22(13-8-9-25(23,24)11-13)17-10-16(19-12(2)20-17)21-15-7-5-4-6-14(15)18/h4-7,10,13H,3,8-9,11H2,1-2H3,(H,19,20,21). The maximum atomic E-state index is 11.8. The van der Waals surface area contributed by atoms with Gasteiger partial charge < -0.3 is 10.2 Å². The quantitative estimate of drug-likeness (QED) is 0.858. The second-order valence-corrected chi connectivity index (χ2v) is 8.74. The molecule has 1 aromatic carbocycles. The molecule has 1 fully saturated rings. The molecule has 25 heavy (non-hydrogen) atoms. The van der Waals surface area contributed by atoms with Crippen LogP contribution in [0.5, 0.6) is 0 Å². The monoisotopic (exact) mass is 380 g/mol. The van der Waals surface area contributed by atoms with Gasteiger partial charge in [-0.1, -0.05) is 23.7 Å². The normalized spacial score (nSPS) is 18.9. The van der Waals surface area contributed by atoms with Gasteiger partial charge in [0.2, 0.25) is 0 Å². The number of hydrogen-bond acceptors (Lipinski definition) is 6. The molecule has 0 saturated carbocycles. The second-order valence-electron chi connectivity index (χ2n) is 6.11. The zero-order chi connectivity index (χ0) is 18.0. The number of anilines is 3. The molecule has 134 valence electrons. The molecule has 6 nitrogen and oxygen atoms in total. The largest absolute Gasteiger partial charge is 0.353 e. The number of aromatic nitrogens is 2. The van der Waals surface area contributed by atoms with Gasteiger partial charge in [0.15, 0.2) is 9.84 Å². The Kier molecular flexibility index (Phi) is 5.15. The predicted octanol–water partition coefficient (Wildman–Crippen LogP) is 3.20. The van der Waals surface area contributed by atoms with Gasteiger partial charge in [-0.25, -0.2) is 18.4 Å². The van der Waals surface area contributed by atoms with Gasteiger partial charge >= 0.3 is 0 Å². The lowest BCUT2D eigenvalue weighted by atomic mass is 10.2. The van der Waals surface area contributed by atoms with Crippen molar-refractivity contribution >= 4 is 38.8 Å². The Labute approximate surface area is 153 Å². The van der Waals surface area contributed by atoms with Crippen LogP contribution >= 0.6 is 11.6 Å². The average Bonchev–Trinajstić information content (AvgIpc) is 2.90. The van der Waals surface area contributed by atoms with Crippen molar-refractivity contribution in [2.24, 2.45) is 0 Å². The number of benzene rings is 1. The fourth-order valence-electron chi connectivity index (χ4n) is 3.09. The van der Waals surface area contributed by atoms with E-state index in [0.717, 1.165) is 11.5 Å². The number of nitrogens with zero attached hydrogens (tertiary/aromatic N) is 3. The van der Waals surface area contributed by atoms with Crippen LogP contribution in [0, 0.1) is 6.92 Å². The van der Waals surface area contributed by atoms with Crippen molar-refractivity contribution in [2.45, 2.75) is 26.3 Å². The van der Waals surface area contributed by atoms with E-state index in [2.05, 4.69) is 15.3 Å². The molecular formula is C17H21ClN4O2S. The Bertz CT molecular complexity index is 873. The highest BCUT2D eigenvalue weighted by Crippen LogP contribution is 2.28. The molecular weight excluding hydrogens is 360 g/mol. The molecule has 1 atom stereocenters. The summed E-state index contributed by atoms with van der Waals surface area (Å²) in [5.74, 6) is 2.40. The van der Waals surface area contributed by atoms with Crippen molar-refractivity contribution in [3.63, 3.8) is 0 Å². The number of halogens is 1. The molecule has 0 radical (unpaired) electrons. The number of aryl methyl sites for hydroxylation is 1. The van der Waals surface area contributed by atoms with Gasteiger partial charge in [-0.2, -0.15) is 0 Å². The van der Waals surface area contributed by atoms with E-state index in [1.807, 2.05) is 43.0 Å². The fraction of sp³-hybridized carbons (Fsp3) is 0.412. The molecule has 8 heteroatoms. The summed E-state index contributed by atoms with van der Waals surface area (Å²) >= 11 is 6.20. The molecule has 2 heterocycles. The first-order valence-corrected chi connectivity index (χ1v) is 10.4. The van der Waals surface area contributed by atoms with Gasteiger partial charge in [0.25, 0.3) is 0 Å². The zero-order valence-electron chi connectivity index (χ0n) is 14.2. The Morgan fingerprint density at radius 2 is 2.08 bits per heavy atom. The van der Waals surface area contributed by atoms with Crippen LogP contribution in [0.15, 0.2) is 30.3 Å². The van der Waals surface area contributed by atoms with Crippen molar-refractivity contribution in [1.82, 2.24) is 9.97 Å². The lowest BCUT2D eigenvalue weighted by Crippen LogP contribution is -2.37.